The van der Waals surface area contributed by atoms with Crippen LogP contribution in [0.25, 0.3) is 10.9 Å². The molecule has 1 unspecified atom stereocenters. The Bertz CT molecular complexity index is 612. The lowest BCUT2D eigenvalue weighted by molar-refractivity contribution is 0.288. The van der Waals surface area contributed by atoms with E-state index in [1.165, 1.54) is 0 Å². The minimum atomic E-state index is -0.234. The first-order valence-electron chi connectivity index (χ1n) is 6.96. The van der Waals surface area contributed by atoms with Gasteiger partial charge in [0.15, 0.2) is 0 Å². The summed E-state index contributed by atoms with van der Waals surface area (Å²) in [6.45, 7) is 3.08. The summed E-state index contributed by atoms with van der Waals surface area (Å²) >= 11 is 0. The standard InChI is InChI=1S/C16H21N3O/c1-4-5-8-19(2)16(10-17)14-11-18-15-7-6-12(20-3)9-13(14)15/h6-7,9,11,16,18H,4-5,8H2,1-3H3. The third kappa shape index (κ3) is 2.78. The van der Waals surface area contributed by atoms with Crippen LogP contribution in [0.3, 0.4) is 0 Å². The number of hydrogen-bond donors (Lipinski definition) is 1. The van der Waals surface area contributed by atoms with Crippen LogP contribution in [-0.2, 0) is 0 Å². The Morgan fingerprint density at radius 1 is 1.45 bits per heavy atom. The highest BCUT2D eigenvalue weighted by molar-refractivity contribution is 5.85. The molecule has 1 aromatic heterocycles. The summed E-state index contributed by atoms with van der Waals surface area (Å²) in [7, 11) is 3.66. The maximum atomic E-state index is 9.52. The molecule has 0 aliphatic heterocycles. The van der Waals surface area contributed by atoms with Gasteiger partial charge in [0.1, 0.15) is 11.8 Å². The van der Waals surface area contributed by atoms with Crippen molar-refractivity contribution in [2.24, 2.45) is 0 Å². The third-order valence-corrected chi connectivity index (χ3v) is 3.64. The van der Waals surface area contributed by atoms with Gasteiger partial charge >= 0.3 is 0 Å². The zero-order chi connectivity index (χ0) is 14.5. The largest absolute Gasteiger partial charge is 0.497 e. The molecule has 4 nitrogen and oxygen atoms in total. The highest BCUT2D eigenvalue weighted by Crippen LogP contribution is 2.30. The summed E-state index contributed by atoms with van der Waals surface area (Å²) < 4.78 is 5.28. The van der Waals surface area contributed by atoms with Gasteiger partial charge < -0.3 is 9.72 Å². The van der Waals surface area contributed by atoms with Gasteiger partial charge in [-0.25, -0.2) is 0 Å². The van der Waals surface area contributed by atoms with Gasteiger partial charge in [-0.2, -0.15) is 5.26 Å². The monoisotopic (exact) mass is 271 g/mol. The van der Waals surface area contributed by atoms with Crippen LogP contribution in [0.4, 0.5) is 0 Å². The Balaban J connectivity index is 2.37. The predicted octanol–water partition coefficient (Wildman–Crippen LogP) is 3.47. The molecule has 0 saturated carbocycles. The molecule has 0 spiro atoms. The number of hydrogen-bond acceptors (Lipinski definition) is 3. The molecule has 2 aromatic rings. The first-order valence-corrected chi connectivity index (χ1v) is 6.96. The molecular weight excluding hydrogens is 250 g/mol. The molecule has 2 rings (SSSR count). The number of H-pyrrole nitrogens is 1. The molecule has 0 radical (unpaired) electrons. The Labute approximate surface area is 120 Å². The van der Waals surface area contributed by atoms with Crippen LogP contribution in [0.5, 0.6) is 5.75 Å². The second-order valence-corrected chi connectivity index (χ2v) is 5.02. The molecule has 0 aliphatic rings. The van der Waals surface area contributed by atoms with E-state index in [0.29, 0.717) is 0 Å². The molecule has 106 valence electrons. The van der Waals surface area contributed by atoms with Crippen molar-refractivity contribution in [1.29, 1.82) is 5.26 Å². The number of aromatic nitrogens is 1. The van der Waals surface area contributed by atoms with Crippen molar-refractivity contribution < 1.29 is 4.74 Å². The molecule has 1 heterocycles. The van der Waals surface area contributed by atoms with E-state index in [1.54, 1.807) is 7.11 Å². The highest BCUT2D eigenvalue weighted by atomic mass is 16.5. The Kier molecular flexibility index (Phi) is 4.65. The smallest absolute Gasteiger partial charge is 0.125 e. The molecule has 4 heteroatoms. The second-order valence-electron chi connectivity index (χ2n) is 5.02. The molecule has 1 N–H and O–H groups in total. The lowest BCUT2D eigenvalue weighted by Crippen LogP contribution is -2.24. The summed E-state index contributed by atoms with van der Waals surface area (Å²) in [5.41, 5.74) is 2.05. The van der Waals surface area contributed by atoms with Crippen LogP contribution in [0.1, 0.15) is 31.4 Å². The number of benzene rings is 1. The van der Waals surface area contributed by atoms with E-state index in [9.17, 15) is 5.26 Å². The average Bonchev–Trinajstić information content (AvgIpc) is 2.89. The van der Waals surface area contributed by atoms with Gasteiger partial charge in [0.2, 0.25) is 0 Å². The zero-order valence-electron chi connectivity index (χ0n) is 12.3. The fourth-order valence-electron chi connectivity index (χ4n) is 2.42. The second kappa shape index (κ2) is 6.44. The minimum Gasteiger partial charge on any atom is -0.497 e. The number of nitriles is 1. The summed E-state index contributed by atoms with van der Waals surface area (Å²) in [6.07, 6.45) is 4.16. The number of methoxy groups -OCH3 is 1. The van der Waals surface area contributed by atoms with E-state index < -0.39 is 0 Å². The van der Waals surface area contributed by atoms with Crippen LogP contribution in [-0.4, -0.2) is 30.6 Å². The van der Waals surface area contributed by atoms with Gasteiger partial charge in [-0.1, -0.05) is 13.3 Å². The van der Waals surface area contributed by atoms with Crippen molar-refractivity contribution in [2.45, 2.75) is 25.8 Å². The first-order chi connectivity index (χ1) is 9.71. The number of nitrogens with zero attached hydrogens (tertiary/aromatic N) is 2. The number of ether oxygens (including phenoxy) is 1. The molecule has 1 aromatic carbocycles. The number of aromatic amines is 1. The maximum absolute atomic E-state index is 9.52. The van der Waals surface area contributed by atoms with Crippen LogP contribution >= 0.6 is 0 Å². The molecule has 0 bridgehead atoms. The Hall–Kier alpha value is -1.99. The van der Waals surface area contributed by atoms with E-state index >= 15 is 0 Å². The highest BCUT2D eigenvalue weighted by Gasteiger charge is 2.19. The normalized spacial score (nSPS) is 12.6. The summed E-state index contributed by atoms with van der Waals surface area (Å²) in [5, 5.41) is 10.6. The summed E-state index contributed by atoms with van der Waals surface area (Å²) in [4.78, 5) is 5.33. The van der Waals surface area contributed by atoms with Crippen molar-refractivity contribution in [3.05, 3.63) is 30.0 Å². The van der Waals surface area contributed by atoms with E-state index in [0.717, 1.165) is 41.6 Å². The first kappa shape index (κ1) is 14.4. The van der Waals surface area contributed by atoms with Crippen LogP contribution in [0, 0.1) is 11.3 Å². The van der Waals surface area contributed by atoms with Crippen LogP contribution in [0.2, 0.25) is 0 Å². The number of unbranched alkanes of at least 4 members (excludes halogenated alkanes) is 1. The molecule has 1 atom stereocenters. The van der Waals surface area contributed by atoms with E-state index in [-0.39, 0.29) is 6.04 Å². The van der Waals surface area contributed by atoms with Crippen molar-refractivity contribution in [1.82, 2.24) is 9.88 Å². The van der Waals surface area contributed by atoms with Crippen molar-refractivity contribution in [2.75, 3.05) is 20.7 Å². The zero-order valence-corrected chi connectivity index (χ0v) is 12.3. The summed E-state index contributed by atoms with van der Waals surface area (Å²) in [5.74, 6) is 0.811. The molecule has 0 saturated heterocycles. The van der Waals surface area contributed by atoms with Crippen LogP contribution in [0.15, 0.2) is 24.4 Å². The molecular formula is C16H21N3O. The fraction of sp³-hybridized carbons (Fsp3) is 0.438. The Morgan fingerprint density at radius 3 is 2.90 bits per heavy atom. The van der Waals surface area contributed by atoms with E-state index in [4.69, 9.17) is 4.74 Å². The summed E-state index contributed by atoms with van der Waals surface area (Å²) in [6, 6.07) is 8.06. The lowest BCUT2D eigenvalue weighted by Gasteiger charge is -2.21. The predicted molar refractivity (Wildman–Crippen MR) is 80.7 cm³/mol. The fourth-order valence-corrected chi connectivity index (χ4v) is 2.42. The van der Waals surface area contributed by atoms with Gasteiger partial charge in [-0.3, -0.25) is 4.90 Å². The van der Waals surface area contributed by atoms with Gasteiger partial charge in [0.05, 0.1) is 13.2 Å². The van der Waals surface area contributed by atoms with E-state index in [1.807, 2.05) is 31.4 Å². The number of rotatable bonds is 6. The van der Waals surface area contributed by atoms with Gasteiger partial charge in [0, 0.05) is 22.7 Å². The SMILES string of the molecule is CCCCN(C)C(C#N)c1c[nH]c2ccc(OC)cc12. The molecule has 0 aliphatic carbocycles. The average molecular weight is 271 g/mol. The van der Waals surface area contributed by atoms with Crippen molar-refractivity contribution in [3.63, 3.8) is 0 Å². The topological polar surface area (TPSA) is 52.0 Å². The van der Waals surface area contributed by atoms with Crippen molar-refractivity contribution in [3.8, 4) is 11.8 Å². The minimum absolute atomic E-state index is 0.234. The van der Waals surface area contributed by atoms with Crippen molar-refractivity contribution >= 4 is 10.9 Å². The molecule has 0 fully saturated rings. The number of fused-ring (bicyclic) bond motifs is 1. The Morgan fingerprint density at radius 2 is 2.25 bits per heavy atom. The molecule has 20 heavy (non-hydrogen) atoms. The number of nitrogens with one attached hydrogen (secondary N) is 1. The van der Waals surface area contributed by atoms with Gasteiger partial charge in [-0.15, -0.1) is 0 Å². The molecule has 0 amide bonds. The van der Waals surface area contributed by atoms with E-state index in [2.05, 4.69) is 22.9 Å². The maximum Gasteiger partial charge on any atom is 0.125 e. The van der Waals surface area contributed by atoms with Crippen LogP contribution < -0.4 is 4.74 Å². The quantitative estimate of drug-likeness (QED) is 0.875. The van der Waals surface area contributed by atoms with Gasteiger partial charge in [-0.05, 0) is 38.2 Å². The van der Waals surface area contributed by atoms with Gasteiger partial charge in [0.25, 0.3) is 0 Å². The third-order valence-electron chi connectivity index (χ3n) is 3.64. The lowest BCUT2D eigenvalue weighted by atomic mass is 10.1.